The van der Waals surface area contributed by atoms with Crippen LogP contribution in [0.5, 0.6) is 0 Å². The van der Waals surface area contributed by atoms with Crippen molar-refractivity contribution in [2.45, 2.75) is 19.1 Å². The third-order valence-corrected chi connectivity index (χ3v) is 6.47. The number of amides is 1. The number of carbonyl (C=O) groups is 1. The molecule has 0 saturated carbocycles. The number of nitrogens with zero attached hydrogens (tertiary/aromatic N) is 3. The summed E-state index contributed by atoms with van der Waals surface area (Å²) in [7, 11) is 0. The first-order valence-corrected chi connectivity index (χ1v) is 11.4. The Morgan fingerprint density at radius 2 is 1.83 bits per heavy atom. The number of benzene rings is 2. The zero-order chi connectivity index (χ0) is 24.7. The molecule has 0 fully saturated rings. The third kappa shape index (κ3) is 4.17. The summed E-state index contributed by atoms with van der Waals surface area (Å²) in [6.45, 7) is 1.82. The van der Waals surface area contributed by atoms with Gasteiger partial charge < -0.3 is 5.32 Å². The molecule has 0 radical (unpaired) electrons. The minimum atomic E-state index is -4.48. The molecule has 5 aromatic rings. The smallest absolute Gasteiger partial charge is 0.344 e. The number of pyridine rings is 2. The van der Waals surface area contributed by atoms with Gasteiger partial charge in [0.1, 0.15) is 4.70 Å². The summed E-state index contributed by atoms with van der Waals surface area (Å²) >= 11 is 1.13. The summed E-state index contributed by atoms with van der Waals surface area (Å²) in [5, 5.41) is 3.44. The average molecular weight is 494 g/mol. The molecule has 2 aromatic carbocycles. The summed E-state index contributed by atoms with van der Waals surface area (Å²) in [6, 6.07) is 14.3. The minimum absolute atomic E-state index is 0.282. The first-order valence-electron chi connectivity index (χ1n) is 10.6. The fourth-order valence-corrected chi connectivity index (χ4v) is 4.63. The van der Waals surface area contributed by atoms with Gasteiger partial charge in [0, 0.05) is 22.8 Å². The molecule has 35 heavy (non-hydrogen) atoms. The lowest BCUT2D eigenvalue weighted by molar-refractivity contribution is -0.137. The molecule has 176 valence electrons. The summed E-state index contributed by atoms with van der Waals surface area (Å²) < 4.78 is 40.8. The van der Waals surface area contributed by atoms with E-state index in [0.717, 1.165) is 23.5 Å². The van der Waals surface area contributed by atoms with Gasteiger partial charge >= 0.3 is 6.18 Å². The first kappa shape index (κ1) is 22.7. The molecule has 1 amide bonds. The van der Waals surface area contributed by atoms with Crippen molar-refractivity contribution < 1.29 is 18.0 Å². The Kier molecular flexibility index (Phi) is 5.60. The first-order chi connectivity index (χ1) is 16.7. The predicted octanol–water partition coefficient (Wildman–Crippen LogP) is 5.51. The number of carbonyl (C=O) groups excluding carboxylic acids is 1. The number of thiazole rings is 1. The van der Waals surface area contributed by atoms with Gasteiger partial charge in [-0.25, -0.2) is 4.98 Å². The van der Waals surface area contributed by atoms with Gasteiger partial charge in [-0.3, -0.25) is 19.1 Å². The standard InChI is InChI=1S/C25H17F3N4O2S/c1-14(19-4-2-3-11-29-19)31-23(33)15-5-10-20-18(12-15)21-22(35-13-30-21)24(34)32(20)17-8-6-16(7-9-17)25(26,27)28/h2-14H,1H3,(H,31,33)/t14-/m0/s1. The van der Waals surface area contributed by atoms with Crippen LogP contribution in [0.1, 0.15) is 34.6 Å². The molecule has 1 N–H and O–H groups in total. The van der Waals surface area contributed by atoms with Crippen molar-refractivity contribution in [3.8, 4) is 5.69 Å². The Hall–Kier alpha value is -4.05. The molecule has 0 aliphatic heterocycles. The normalized spacial score (nSPS) is 12.7. The monoisotopic (exact) mass is 494 g/mol. The van der Waals surface area contributed by atoms with E-state index in [-0.39, 0.29) is 17.6 Å². The Bertz CT molecular complexity index is 1610. The summed E-state index contributed by atoms with van der Waals surface area (Å²) in [5.41, 5.74) is 2.54. The number of aromatic nitrogens is 3. The lowest BCUT2D eigenvalue weighted by atomic mass is 10.1. The number of fused-ring (bicyclic) bond motifs is 3. The highest BCUT2D eigenvalue weighted by Gasteiger charge is 2.30. The number of alkyl halides is 3. The van der Waals surface area contributed by atoms with Gasteiger partial charge in [-0.2, -0.15) is 13.2 Å². The second-order valence-corrected chi connectivity index (χ2v) is 8.75. The maximum atomic E-state index is 13.2. The van der Waals surface area contributed by atoms with E-state index in [4.69, 9.17) is 0 Å². The average Bonchev–Trinajstić information content (AvgIpc) is 3.35. The van der Waals surface area contributed by atoms with Crippen LogP contribution in [-0.2, 0) is 6.18 Å². The van der Waals surface area contributed by atoms with Crippen molar-refractivity contribution in [3.63, 3.8) is 0 Å². The molecule has 1 atom stereocenters. The fourth-order valence-electron chi connectivity index (χ4n) is 3.90. The van der Waals surface area contributed by atoms with Crippen molar-refractivity contribution in [2.24, 2.45) is 0 Å². The Morgan fingerprint density at radius 1 is 1.06 bits per heavy atom. The zero-order valence-electron chi connectivity index (χ0n) is 18.2. The van der Waals surface area contributed by atoms with Crippen LogP contribution >= 0.6 is 11.3 Å². The van der Waals surface area contributed by atoms with Crippen LogP contribution in [0.25, 0.3) is 26.8 Å². The van der Waals surface area contributed by atoms with E-state index < -0.39 is 17.3 Å². The number of hydrogen-bond acceptors (Lipinski definition) is 5. The van der Waals surface area contributed by atoms with E-state index in [0.29, 0.717) is 32.4 Å². The van der Waals surface area contributed by atoms with Gasteiger partial charge in [0.05, 0.1) is 33.8 Å². The molecule has 3 aromatic heterocycles. The molecule has 0 bridgehead atoms. The number of rotatable bonds is 4. The predicted molar refractivity (Wildman–Crippen MR) is 128 cm³/mol. The lowest BCUT2D eigenvalue weighted by Crippen LogP contribution is -2.27. The van der Waals surface area contributed by atoms with Gasteiger partial charge in [0.2, 0.25) is 0 Å². The fraction of sp³-hybridized carbons (Fsp3) is 0.120. The molecule has 3 heterocycles. The van der Waals surface area contributed by atoms with E-state index in [2.05, 4.69) is 15.3 Å². The van der Waals surface area contributed by atoms with E-state index >= 15 is 0 Å². The van der Waals surface area contributed by atoms with E-state index in [9.17, 15) is 22.8 Å². The highest BCUT2D eigenvalue weighted by molar-refractivity contribution is 7.16. The van der Waals surface area contributed by atoms with Crippen LogP contribution in [0.4, 0.5) is 13.2 Å². The second kappa shape index (κ2) is 8.62. The zero-order valence-corrected chi connectivity index (χ0v) is 19.0. The SMILES string of the molecule is C[C@H](NC(=O)c1ccc2c(c1)c1ncsc1c(=O)n2-c1ccc(C(F)(F)F)cc1)c1ccccn1. The van der Waals surface area contributed by atoms with E-state index in [1.54, 1.807) is 30.5 Å². The summed E-state index contributed by atoms with van der Waals surface area (Å²) in [6.07, 6.45) is -2.84. The molecule has 5 rings (SSSR count). The quantitative estimate of drug-likeness (QED) is 0.358. The van der Waals surface area contributed by atoms with Crippen LogP contribution in [0, 0.1) is 0 Å². The third-order valence-electron chi connectivity index (χ3n) is 5.65. The lowest BCUT2D eigenvalue weighted by Gasteiger charge is -2.15. The van der Waals surface area contributed by atoms with E-state index in [1.807, 2.05) is 19.1 Å². The van der Waals surface area contributed by atoms with E-state index in [1.165, 1.54) is 22.2 Å². The molecular formula is C25H17F3N4O2S. The Morgan fingerprint density at radius 3 is 2.51 bits per heavy atom. The van der Waals surface area contributed by atoms with Crippen molar-refractivity contribution in [1.82, 2.24) is 19.9 Å². The highest BCUT2D eigenvalue weighted by Crippen LogP contribution is 2.31. The van der Waals surface area contributed by atoms with Crippen LogP contribution in [0.15, 0.2) is 77.2 Å². The van der Waals surface area contributed by atoms with Crippen molar-refractivity contribution in [1.29, 1.82) is 0 Å². The van der Waals surface area contributed by atoms with Crippen LogP contribution < -0.4 is 10.9 Å². The van der Waals surface area contributed by atoms with Crippen molar-refractivity contribution in [2.75, 3.05) is 0 Å². The van der Waals surface area contributed by atoms with Gasteiger partial charge in [-0.1, -0.05) is 6.07 Å². The van der Waals surface area contributed by atoms with Crippen molar-refractivity contribution >= 4 is 38.4 Å². The Labute approximate surface area is 200 Å². The number of hydrogen-bond donors (Lipinski definition) is 1. The van der Waals surface area contributed by atoms with Gasteiger partial charge in [0.15, 0.2) is 0 Å². The molecular weight excluding hydrogens is 477 g/mol. The summed E-state index contributed by atoms with van der Waals surface area (Å²) in [5.74, 6) is -0.333. The molecule has 0 spiro atoms. The maximum Gasteiger partial charge on any atom is 0.416 e. The maximum absolute atomic E-state index is 13.2. The molecule has 0 aliphatic carbocycles. The molecule has 6 nitrogen and oxygen atoms in total. The Balaban J connectivity index is 1.60. The molecule has 0 saturated heterocycles. The highest BCUT2D eigenvalue weighted by atomic mass is 32.1. The molecule has 0 aliphatic rings. The molecule has 10 heteroatoms. The van der Waals surface area contributed by atoms with Gasteiger partial charge in [-0.05, 0) is 61.5 Å². The van der Waals surface area contributed by atoms with Gasteiger partial charge in [-0.15, -0.1) is 11.3 Å². The summed E-state index contributed by atoms with van der Waals surface area (Å²) in [4.78, 5) is 34.8. The molecule has 0 unspecified atom stereocenters. The number of nitrogens with one attached hydrogen (secondary N) is 1. The van der Waals surface area contributed by atoms with Crippen LogP contribution in [0.2, 0.25) is 0 Å². The van der Waals surface area contributed by atoms with Crippen LogP contribution in [0.3, 0.4) is 0 Å². The van der Waals surface area contributed by atoms with Crippen LogP contribution in [-0.4, -0.2) is 20.4 Å². The number of halogens is 3. The second-order valence-electron chi connectivity index (χ2n) is 7.90. The largest absolute Gasteiger partial charge is 0.416 e. The topological polar surface area (TPSA) is 76.9 Å². The van der Waals surface area contributed by atoms with Crippen molar-refractivity contribution in [3.05, 3.63) is 99.5 Å². The minimum Gasteiger partial charge on any atom is -0.344 e. The van der Waals surface area contributed by atoms with Gasteiger partial charge in [0.25, 0.3) is 11.5 Å².